The maximum atomic E-state index is 11.7. The van der Waals surface area contributed by atoms with Gasteiger partial charge < -0.3 is 11.1 Å². The Balaban J connectivity index is 2.33. The molecule has 72 valence electrons. The summed E-state index contributed by atoms with van der Waals surface area (Å²) in [5.41, 5.74) is 5.95. The summed E-state index contributed by atoms with van der Waals surface area (Å²) >= 11 is 0. The lowest BCUT2D eigenvalue weighted by atomic mass is 10.4. The molecule has 1 heterocycles. The molecule has 0 aliphatic rings. The number of nitrogen functional groups attached to an aromatic ring is 1. The van der Waals surface area contributed by atoms with Crippen LogP contribution in [0.15, 0.2) is 18.3 Å². The van der Waals surface area contributed by atoms with Crippen molar-refractivity contribution < 1.29 is 8.78 Å². The van der Waals surface area contributed by atoms with Crippen molar-refractivity contribution in [3.8, 4) is 0 Å². The van der Waals surface area contributed by atoms with Crippen LogP contribution in [0.2, 0.25) is 0 Å². The van der Waals surface area contributed by atoms with E-state index in [9.17, 15) is 8.78 Å². The zero-order valence-electron chi connectivity index (χ0n) is 7.00. The van der Waals surface area contributed by atoms with Crippen molar-refractivity contribution >= 4 is 11.5 Å². The summed E-state index contributed by atoms with van der Waals surface area (Å²) in [4.78, 5) is 3.89. The lowest BCUT2D eigenvalue weighted by Gasteiger charge is -2.04. The van der Waals surface area contributed by atoms with Crippen molar-refractivity contribution in [1.29, 1.82) is 0 Å². The van der Waals surface area contributed by atoms with E-state index in [4.69, 9.17) is 5.73 Å². The van der Waals surface area contributed by atoms with Crippen LogP contribution >= 0.6 is 0 Å². The molecule has 0 aromatic carbocycles. The van der Waals surface area contributed by atoms with E-state index in [2.05, 4.69) is 10.3 Å². The monoisotopic (exact) mass is 187 g/mol. The first-order valence-electron chi connectivity index (χ1n) is 3.92. The molecule has 0 amide bonds. The summed E-state index contributed by atoms with van der Waals surface area (Å²) in [6, 6.07) is 3.32. The molecule has 1 aromatic rings. The predicted octanol–water partition coefficient (Wildman–Crippen LogP) is 1.73. The third-order valence-corrected chi connectivity index (χ3v) is 1.46. The van der Waals surface area contributed by atoms with Crippen LogP contribution in [0.4, 0.5) is 20.3 Å². The molecule has 0 unspecified atom stereocenters. The van der Waals surface area contributed by atoms with Gasteiger partial charge in [-0.1, -0.05) is 0 Å². The fourth-order valence-corrected chi connectivity index (χ4v) is 0.819. The number of nitrogens with two attached hydrogens (primary N) is 1. The van der Waals surface area contributed by atoms with Crippen LogP contribution in [0.3, 0.4) is 0 Å². The number of nitrogens with one attached hydrogen (secondary N) is 1. The number of hydrogen-bond donors (Lipinski definition) is 2. The second kappa shape index (κ2) is 4.59. The highest BCUT2D eigenvalue weighted by Crippen LogP contribution is 2.06. The summed E-state index contributed by atoms with van der Waals surface area (Å²) < 4.78 is 23.4. The molecular weight excluding hydrogens is 176 g/mol. The molecule has 0 saturated carbocycles. The molecule has 1 rings (SSSR count). The van der Waals surface area contributed by atoms with E-state index in [1.54, 1.807) is 12.1 Å². The van der Waals surface area contributed by atoms with Crippen LogP contribution in [0.1, 0.15) is 6.42 Å². The van der Waals surface area contributed by atoms with Gasteiger partial charge in [-0.05, 0) is 12.1 Å². The van der Waals surface area contributed by atoms with Gasteiger partial charge in [-0.25, -0.2) is 13.8 Å². The molecule has 3 nitrogen and oxygen atoms in total. The zero-order valence-corrected chi connectivity index (χ0v) is 7.00. The lowest BCUT2D eigenvalue weighted by molar-refractivity contribution is 0.142. The molecule has 0 aliphatic carbocycles. The molecule has 0 bridgehead atoms. The number of hydrogen-bond acceptors (Lipinski definition) is 3. The number of anilines is 2. The average Bonchev–Trinajstić information content (AvgIpc) is 2.08. The van der Waals surface area contributed by atoms with Crippen molar-refractivity contribution in [2.75, 3.05) is 17.6 Å². The Kier molecular flexibility index (Phi) is 3.42. The normalized spacial score (nSPS) is 10.4. The second-order valence-electron chi connectivity index (χ2n) is 2.58. The molecule has 0 saturated heterocycles. The minimum Gasteiger partial charge on any atom is -0.397 e. The van der Waals surface area contributed by atoms with Crippen LogP contribution in [0.25, 0.3) is 0 Å². The van der Waals surface area contributed by atoms with Crippen molar-refractivity contribution in [2.24, 2.45) is 0 Å². The van der Waals surface area contributed by atoms with Crippen molar-refractivity contribution in [3.63, 3.8) is 0 Å². The molecule has 0 radical (unpaired) electrons. The molecule has 0 aliphatic heterocycles. The van der Waals surface area contributed by atoms with Crippen LogP contribution in [-0.2, 0) is 0 Å². The maximum absolute atomic E-state index is 11.7. The van der Waals surface area contributed by atoms with Gasteiger partial charge in [0, 0.05) is 13.0 Å². The smallest absolute Gasteiger partial charge is 0.240 e. The lowest BCUT2D eigenvalue weighted by Crippen LogP contribution is -2.07. The minimum atomic E-state index is -2.28. The SMILES string of the molecule is Nc1ccc(NCCC(F)F)nc1. The Bertz CT molecular complexity index is 248. The highest BCUT2D eigenvalue weighted by Gasteiger charge is 2.01. The average molecular weight is 187 g/mol. The first kappa shape index (κ1) is 9.70. The summed E-state index contributed by atoms with van der Waals surface area (Å²) in [6.45, 7) is 0.217. The Hall–Kier alpha value is -1.39. The largest absolute Gasteiger partial charge is 0.397 e. The number of halogens is 2. The van der Waals surface area contributed by atoms with E-state index in [1.165, 1.54) is 6.20 Å². The number of alkyl halides is 2. The van der Waals surface area contributed by atoms with Crippen LogP contribution < -0.4 is 11.1 Å². The van der Waals surface area contributed by atoms with Gasteiger partial charge in [0.05, 0.1) is 11.9 Å². The summed E-state index contributed by atoms with van der Waals surface area (Å²) in [5.74, 6) is 0.565. The first-order valence-corrected chi connectivity index (χ1v) is 3.92. The van der Waals surface area contributed by atoms with Crippen LogP contribution in [0.5, 0.6) is 0 Å². The van der Waals surface area contributed by atoms with E-state index >= 15 is 0 Å². The van der Waals surface area contributed by atoms with Gasteiger partial charge in [0.1, 0.15) is 5.82 Å². The molecule has 5 heteroatoms. The van der Waals surface area contributed by atoms with Gasteiger partial charge in [-0.2, -0.15) is 0 Å². The van der Waals surface area contributed by atoms with Crippen molar-refractivity contribution in [2.45, 2.75) is 12.8 Å². The quantitative estimate of drug-likeness (QED) is 0.754. The zero-order chi connectivity index (χ0) is 9.68. The fraction of sp³-hybridized carbons (Fsp3) is 0.375. The molecule has 0 spiro atoms. The van der Waals surface area contributed by atoms with E-state index < -0.39 is 6.43 Å². The number of pyridine rings is 1. The fourth-order valence-electron chi connectivity index (χ4n) is 0.819. The molecule has 13 heavy (non-hydrogen) atoms. The summed E-state index contributed by atoms with van der Waals surface area (Å²) in [5, 5.41) is 2.76. The summed E-state index contributed by atoms with van der Waals surface area (Å²) in [7, 11) is 0. The molecular formula is C8H11F2N3. The number of aromatic nitrogens is 1. The third kappa shape index (κ3) is 3.68. The minimum absolute atomic E-state index is 0.175. The number of nitrogens with zero attached hydrogens (tertiary/aromatic N) is 1. The molecule has 1 aromatic heterocycles. The van der Waals surface area contributed by atoms with E-state index in [-0.39, 0.29) is 13.0 Å². The highest BCUT2D eigenvalue weighted by molar-refractivity contribution is 5.43. The highest BCUT2D eigenvalue weighted by atomic mass is 19.3. The van der Waals surface area contributed by atoms with E-state index in [1.807, 2.05) is 0 Å². The molecule has 0 fully saturated rings. The van der Waals surface area contributed by atoms with E-state index in [0.717, 1.165) is 0 Å². The molecule has 3 N–H and O–H groups in total. The second-order valence-corrected chi connectivity index (χ2v) is 2.58. The van der Waals surface area contributed by atoms with Crippen molar-refractivity contribution in [1.82, 2.24) is 4.98 Å². The Morgan fingerprint density at radius 3 is 2.77 bits per heavy atom. The van der Waals surface area contributed by atoms with Crippen LogP contribution in [0, 0.1) is 0 Å². The standard InChI is InChI=1S/C8H11F2N3/c9-7(10)3-4-12-8-2-1-6(11)5-13-8/h1-2,5,7H,3-4,11H2,(H,12,13). The number of rotatable bonds is 4. The topological polar surface area (TPSA) is 50.9 Å². The Labute approximate surface area is 75.0 Å². The van der Waals surface area contributed by atoms with Gasteiger partial charge in [-0.15, -0.1) is 0 Å². The summed E-state index contributed by atoms with van der Waals surface area (Å²) in [6.07, 6.45) is -0.974. The van der Waals surface area contributed by atoms with Gasteiger partial charge >= 0.3 is 0 Å². The van der Waals surface area contributed by atoms with Gasteiger partial charge in [0.25, 0.3) is 0 Å². The Morgan fingerprint density at radius 2 is 2.23 bits per heavy atom. The van der Waals surface area contributed by atoms with Gasteiger partial charge in [0.2, 0.25) is 6.43 Å². The predicted molar refractivity (Wildman–Crippen MR) is 47.8 cm³/mol. The Morgan fingerprint density at radius 1 is 1.46 bits per heavy atom. The first-order chi connectivity index (χ1) is 6.18. The molecule has 0 atom stereocenters. The van der Waals surface area contributed by atoms with Crippen LogP contribution in [-0.4, -0.2) is 18.0 Å². The van der Waals surface area contributed by atoms with Gasteiger partial charge in [-0.3, -0.25) is 0 Å². The van der Waals surface area contributed by atoms with Gasteiger partial charge in [0.15, 0.2) is 0 Å². The third-order valence-electron chi connectivity index (χ3n) is 1.46. The van der Waals surface area contributed by atoms with E-state index in [0.29, 0.717) is 11.5 Å². The maximum Gasteiger partial charge on any atom is 0.240 e. The van der Waals surface area contributed by atoms with Crippen molar-refractivity contribution in [3.05, 3.63) is 18.3 Å².